The number of anilines is 1. The number of rotatable bonds is 3. The smallest absolute Gasteiger partial charge is 0.226 e. The van der Waals surface area contributed by atoms with Crippen molar-refractivity contribution in [2.75, 3.05) is 12.3 Å². The number of halogens is 1. The molecule has 0 bridgehead atoms. The first-order chi connectivity index (χ1) is 13.2. The molecule has 2 aliphatic heterocycles. The highest BCUT2D eigenvalue weighted by Crippen LogP contribution is 2.44. The topological polar surface area (TPSA) is 118 Å². The fourth-order valence-electron chi connectivity index (χ4n) is 3.57. The number of imidazole rings is 1. The molecule has 5 rings (SSSR count). The molecule has 2 aliphatic rings. The summed E-state index contributed by atoms with van der Waals surface area (Å²) in [5.74, 6) is 0.183. The van der Waals surface area contributed by atoms with Gasteiger partial charge in [0.25, 0.3) is 0 Å². The van der Waals surface area contributed by atoms with Crippen molar-refractivity contribution >= 4 is 28.6 Å². The molecule has 0 amide bonds. The van der Waals surface area contributed by atoms with Gasteiger partial charge in [-0.25, -0.2) is 4.98 Å². The standard InChI is InChI=1S/C17H16ClN5O4/c18-17-21-13(19)10-14(22-17)23(7-20-10)15-12-11(9(6-24)25-15)26-16(27-12)8-4-2-1-3-5-8/h1-5,7,9,11-12,15-16,24H,6H2,(H2,19,21,22)/t9-,11+,12+,15-,16?/m1/s1. The molecular formula is C17H16ClN5O4. The van der Waals surface area contributed by atoms with Gasteiger partial charge in [-0.1, -0.05) is 30.3 Å². The Morgan fingerprint density at radius 3 is 2.67 bits per heavy atom. The zero-order valence-corrected chi connectivity index (χ0v) is 14.7. The molecule has 1 unspecified atom stereocenters. The Hall–Kier alpha value is -2.30. The van der Waals surface area contributed by atoms with Crippen LogP contribution in [0.1, 0.15) is 18.1 Å². The number of ether oxygens (including phenoxy) is 3. The van der Waals surface area contributed by atoms with E-state index in [2.05, 4.69) is 15.0 Å². The van der Waals surface area contributed by atoms with Crippen molar-refractivity contribution in [2.24, 2.45) is 0 Å². The van der Waals surface area contributed by atoms with E-state index in [1.54, 1.807) is 10.9 Å². The maximum absolute atomic E-state index is 9.73. The number of aliphatic hydroxyl groups is 1. The van der Waals surface area contributed by atoms with Gasteiger partial charge in [0, 0.05) is 5.56 Å². The molecule has 140 valence electrons. The molecule has 2 aromatic heterocycles. The Bertz CT molecular complexity index is 984. The van der Waals surface area contributed by atoms with Crippen molar-refractivity contribution in [1.82, 2.24) is 19.5 Å². The minimum absolute atomic E-state index is 0.0146. The van der Waals surface area contributed by atoms with Gasteiger partial charge in [-0.05, 0) is 11.6 Å². The molecule has 0 aliphatic carbocycles. The van der Waals surface area contributed by atoms with Gasteiger partial charge in [-0.15, -0.1) is 0 Å². The van der Waals surface area contributed by atoms with E-state index < -0.39 is 30.8 Å². The number of aliphatic hydroxyl groups excluding tert-OH is 1. The minimum atomic E-state index is -0.601. The number of fused-ring (bicyclic) bond motifs is 2. The molecule has 3 N–H and O–H groups in total. The number of nitrogens with zero attached hydrogens (tertiary/aromatic N) is 4. The van der Waals surface area contributed by atoms with Crippen LogP contribution in [-0.4, -0.2) is 49.5 Å². The lowest BCUT2D eigenvalue weighted by Gasteiger charge is -2.20. The fraction of sp³-hybridized carbons (Fsp3) is 0.353. The molecule has 0 spiro atoms. The quantitative estimate of drug-likeness (QED) is 0.646. The van der Waals surface area contributed by atoms with Crippen LogP contribution in [0.5, 0.6) is 0 Å². The SMILES string of the molecule is Nc1nc(Cl)nc2c1ncn2[C@@H]1O[C@H](CO)[C@@H]2OC(c3ccccc3)O[C@@H]21. The number of hydrogen-bond donors (Lipinski definition) is 2. The highest BCUT2D eigenvalue weighted by molar-refractivity contribution is 6.28. The van der Waals surface area contributed by atoms with Crippen LogP contribution in [0.4, 0.5) is 5.82 Å². The second-order valence-electron chi connectivity index (χ2n) is 6.39. The second kappa shape index (κ2) is 6.39. The third-order valence-corrected chi connectivity index (χ3v) is 4.96. The summed E-state index contributed by atoms with van der Waals surface area (Å²) < 4.78 is 19.8. The highest BCUT2D eigenvalue weighted by atomic mass is 35.5. The fourth-order valence-corrected chi connectivity index (χ4v) is 3.74. The maximum Gasteiger partial charge on any atom is 0.226 e. The third-order valence-electron chi connectivity index (χ3n) is 4.79. The van der Waals surface area contributed by atoms with E-state index in [-0.39, 0.29) is 17.7 Å². The second-order valence-corrected chi connectivity index (χ2v) is 6.73. The first kappa shape index (κ1) is 16.8. The van der Waals surface area contributed by atoms with Gasteiger partial charge in [0.15, 0.2) is 24.0 Å². The molecule has 2 fully saturated rings. The summed E-state index contributed by atoms with van der Waals surface area (Å²) in [6, 6.07) is 9.61. The Kier molecular flexibility index (Phi) is 3.99. The van der Waals surface area contributed by atoms with Gasteiger partial charge in [0.05, 0.1) is 12.9 Å². The van der Waals surface area contributed by atoms with E-state index >= 15 is 0 Å². The van der Waals surface area contributed by atoms with Crippen molar-refractivity contribution in [3.63, 3.8) is 0 Å². The first-order valence-electron chi connectivity index (χ1n) is 8.43. The van der Waals surface area contributed by atoms with Crippen LogP contribution in [0, 0.1) is 0 Å². The van der Waals surface area contributed by atoms with Crippen LogP contribution in [0.2, 0.25) is 5.28 Å². The number of aromatic nitrogens is 4. The molecule has 2 saturated heterocycles. The maximum atomic E-state index is 9.73. The van der Waals surface area contributed by atoms with Crippen molar-refractivity contribution in [1.29, 1.82) is 0 Å². The van der Waals surface area contributed by atoms with E-state index in [1.165, 1.54) is 0 Å². The minimum Gasteiger partial charge on any atom is -0.394 e. The molecule has 0 radical (unpaired) electrons. The largest absolute Gasteiger partial charge is 0.394 e. The summed E-state index contributed by atoms with van der Waals surface area (Å²) in [7, 11) is 0. The first-order valence-corrected chi connectivity index (χ1v) is 8.81. The van der Waals surface area contributed by atoms with Crippen LogP contribution >= 0.6 is 11.6 Å². The van der Waals surface area contributed by atoms with Crippen molar-refractivity contribution in [3.8, 4) is 0 Å². The molecule has 27 heavy (non-hydrogen) atoms. The van der Waals surface area contributed by atoms with Crippen LogP contribution in [0.3, 0.4) is 0 Å². The van der Waals surface area contributed by atoms with Gasteiger partial charge in [-0.3, -0.25) is 4.57 Å². The molecule has 9 nitrogen and oxygen atoms in total. The molecule has 10 heteroatoms. The molecule has 4 heterocycles. The lowest BCUT2D eigenvalue weighted by atomic mass is 10.1. The highest BCUT2D eigenvalue weighted by Gasteiger charge is 2.53. The molecule has 3 aromatic rings. The summed E-state index contributed by atoms with van der Waals surface area (Å²) in [5, 5.41) is 9.75. The van der Waals surface area contributed by atoms with Gasteiger partial charge in [0.1, 0.15) is 23.8 Å². The third kappa shape index (κ3) is 2.67. The van der Waals surface area contributed by atoms with E-state index in [9.17, 15) is 5.11 Å². The van der Waals surface area contributed by atoms with Crippen LogP contribution in [0.15, 0.2) is 36.7 Å². The van der Waals surface area contributed by atoms with Crippen LogP contribution < -0.4 is 5.73 Å². The summed E-state index contributed by atoms with van der Waals surface area (Å²) in [5.41, 5.74) is 7.63. The zero-order chi connectivity index (χ0) is 18.5. The normalized spacial score (nSPS) is 30.1. The van der Waals surface area contributed by atoms with E-state index in [1.807, 2.05) is 30.3 Å². The van der Waals surface area contributed by atoms with Crippen LogP contribution in [-0.2, 0) is 14.2 Å². The number of nitrogen functional groups attached to an aromatic ring is 1. The summed E-state index contributed by atoms with van der Waals surface area (Å²) in [6.45, 7) is -0.201. The monoisotopic (exact) mass is 389 g/mol. The molecular weight excluding hydrogens is 374 g/mol. The Labute approximate surface area is 158 Å². The van der Waals surface area contributed by atoms with E-state index in [4.69, 9.17) is 31.5 Å². The summed E-state index contributed by atoms with van der Waals surface area (Å²) >= 11 is 5.95. The molecule has 0 saturated carbocycles. The summed E-state index contributed by atoms with van der Waals surface area (Å²) in [6.07, 6.45) is -1.03. The Morgan fingerprint density at radius 1 is 1.11 bits per heavy atom. The van der Waals surface area contributed by atoms with Crippen molar-refractivity contribution < 1.29 is 19.3 Å². The van der Waals surface area contributed by atoms with E-state index in [0.717, 1.165) is 5.56 Å². The average Bonchev–Trinajstić information content (AvgIpc) is 3.35. The summed E-state index contributed by atoms with van der Waals surface area (Å²) in [4.78, 5) is 12.4. The van der Waals surface area contributed by atoms with Gasteiger partial charge < -0.3 is 25.1 Å². The lowest BCUT2D eigenvalue weighted by Crippen LogP contribution is -2.30. The number of hydrogen-bond acceptors (Lipinski definition) is 8. The average molecular weight is 390 g/mol. The van der Waals surface area contributed by atoms with Crippen LogP contribution in [0.25, 0.3) is 11.2 Å². The van der Waals surface area contributed by atoms with Gasteiger partial charge in [0.2, 0.25) is 5.28 Å². The van der Waals surface area contributed by atoms with Crippen molar-refractivity contribution in [3.05, 3.63) is 47.5 Å². The van der Waals surface area contributed by atoms with Gasteiger partial charge in [-0.2, -0.15) is 9.97 Å². The number of benzene rings is 1. The van der Waals surface area contributed by atoms with Gasteiger partial charge >= 0.3 is 0 Å². The molecule has 1 aromatic carbocycles. The predicted octanol–water partition coefficient (Wildman–Crippen LogP) is 1.43. The zero-order valence-electron chi connectivity index (χ0n) is 14.0. The lowest BCUT2D eigenvalue weighted by molar-refractivity contribution is -0.153. The van der Waals surface area contributed by atoms with E-state index in [0.29, 0.717) is 11.2 Å². The predicted molar refractivity (Wildman–Crippen MR) is 94.7 cm³/mol. The molecule has 5 atom stereocenters. The number of nitrogens with two attached hydrogens (primary N) is 1. The Morgan fingerprint density at radius 2 is 1.89 bits per heavy atom. The van der Waals surface area contributed by atoms with Crippen molar-refractivity contribution in [2.45, 2.75) is 30.8 Å². The Balaban J connectivity index is 1.52.